The molecule has 0 saturated heterocycles. The molecule has 0 spiro atoms. The number of carboxylic acid groups (broad SMARTS) is 1. The van der Waals surface area contributed by atoms with E-state index in [0.29, 0.717) is 16.7 Å². The fraction of sp³-hybridized carbons (Fsp3) is 0.333. The van der Waals surface area contributed by atoms with Crippen LogP contribution < -0.4 is 4.74 Å². The molecule has 0 unspecified atom stereocenters. The first-order valence-electron chi connectivity index (χ1n) is 12.9. The summed E-state index contributed by atoms with van der Waals surface area (Å²) in [6.07, 6.45) is -1.22. The first kappa shape index (κ1) is 27.9. The summed E-state index contributed by atoms with van der Waals surface area (Å²) in [4.78, 5) is 49.6. The van der Waals surface area contributed by atoms with E-state index in [4.69, 9.17) is 9.47 Å². The number of carbonyl (C=O) groups excluding carboxylic acids is 3. The van der Waals surface area contributed by atoms with Crippen LogP contribution >= 0.6 is 0 Å². The van der Waals surface area contributed by atoms with Crippen molar-refractivity contribution in [1.29, 1.82) is 0 Å². The fourth-order valence-corrected chi connectivity index (χ4v) is 5.93. The Morgan fingerprint density at radius 3 is 2.24 bits per heavy atom. The molecule has 5 rings (SSSR count). The first-order valence-corrected chi connectivity index (χ1v) is 12.9. The zero-order valence-corrected chi connectivity index (χ0v) is 22.4. The summed E-state index contributed by atoms with van der Waals surface area (Å²) < 4.78 is 10.4. The average molecular weight is 565 g/mol. The number of hydrogen-bond donors (Lipinski definition) is 5. The maximum absolute atomic E-state index is 13.6. The quantitative estimate of drug-likeness (QED) is 0.206. The van der Waals surface area contributed by atoms with Gasteiger partial charge in [0.2, 0.25) is 5.78 Å². The van der Waals surface area contributed by atoms with Crippen molar-refractivity contribution in [3.05, 3.63) is 64.4 Å². The summed E-state index contributed by atoms with van der Waals surface area (Å²) in [6.45, 7) is 5.12. The molecule has 2 aromatic carbocycles. The molecule has 1 fully saturated rings. The number of phenols is 1. The molecule has 0 heterocycles. The van der Waals surface area contributed by atoms with Crippen LogP contribution in [0.2, 0.25) is 0 Å². The van der Waals surface area contributed by atoms with E-state index in [2.05, 4.69) is 0 Å². The molecule has 3 aliphatic carbocycles. The number of benzene rings is 2. The van der Waals surface area contributed by atoms with Crippen LogP contribution in [0.4, 0.5) is 4.79 Å². The molecule has 0 bridgehead atoms. The maximum Gasteiger partial charge on any atom is 0.514 e. The van der Waals surface area contributed by atoms with Crippen molar-refractivity contribution in [3.8, 4) is 22.6 Å². The highest BCUT2D eigenvalue weighted by atomic mass is 16.7. The number of aliphatic hydroxyl groups is 3. The number of phenolic OH excluding ortho intramolecular Hbond substituents is 1. The number of fused-ring (bicyclic) bond motifs is 3. The minimum absolute atomic E-state index is 0.0124. The standard InChI is InChI=1S/C30H28O11/c1-29(2,3)41-28(38)40-16-6-4-13(5-7-16)17-8-9-19(31)22-18(17)11-14-10-15-12-20(32)23(27(36)37)26(35)30(15,39)25(34)21(14)24(22)33/h4-9,14-15,31,33,35,39H,10-12H2,1-3H3,(H,36,37)/t14-,15+,30+/m1/s1. The van der Waals surface area contributed by atoms with Gasteiger partial charge in [-0.25, -0.2) is 9.59 Å². The highest BCUT2D eigenvalue weighted by molar-refractivity contribution is 6.21. The molecule has 41 heavy (non-hydrogen) atoms. The zero-order valence-electron chi connectivity index (χ0n) is 22.4. The van der Waals surface area contributed by atoms with Gasteiger partial charge in [-0.1, -0.05) is 18.2 Å². The third kappa shape index (κ3) is 4.51. The van der Waals surface area contributed by atoms with Crippen LogP contribution in [-0.2, 0) is 25.5 Å². The highest BCUT2D eigenvalue weighted by Gasteiger charge is 2.60. The van der Waals surface area contributed by atoms with Gasteiger partial charge in [-0.05, 0) is 74.4 Å². The summed E-state index contributed by atoms with van der Waals surface area (Å²) in [5.74, 6) is -7.53. The molecule has 11 heteroatoms. The lowest BCUT2D eigenvalue weighted by molar-refractivity contribution is -0.149. The molecule has 2 aromatic rings. The Kier molecular flexibility index (Phi) is 6.45. The minimum Gasteiger partial charge on any atom is -0.508 e. The molecule has 0 aliphatic heterocycles. The van der Waals surface area contributed by atoms with Crippen molar-refractivity contribution in [3.63, 3.8) is 0 Å². The van der Waals surface area contributed by atoms with Crippen molar-refractivity contribution < 1.29 is 54.2 Å². The first-order chi connectivity index (χ1) is 19.1. The van der Waals surface area contributed by atoms with Crippen LogP contribution in [0.1, 0.15) is 44.7 Å². The van der Waals surface area contributed by atoms with Gasteiger partial charge in [-0.3, -0.25) is 9.59 Å². The summed E-state index contributed by atoms with van der Waals surface area (Å²) >= 11 is 0. The van der Waals surface area contributed by atoms with E-state index >= 15 is 0 Å². The third-order valence-electron chi connectivity index (χ3n) is 7.67. The van der Waals surface area contributed by atoms with Crippen LogP contribution in [0.3, 0.4) is 0 Å². The largest absolute Gasteiger partial charge is 0.514 e. The number of aliphatic carboxylic acids is 1. The van der Waals surface area contributed by atoms with Gasteiger partial charge < -0.3 is 35.0 Å². The van der Waals surface area contributed by atoms with Gasteiger partial charge >= 0.3 is 12.1 Å². The second-order valence-electron chi connectivity index (χ2n) is 11.4. The normalized spacial score (nSPS) is 23.9. The predicted molar refractivity (Wildman–Crippen MR) is 142 cm³/mol. The molecule has 214 valence electrons. The number of ketones is 2. The summed E-state index contributed by atoms with van der Waals surface area (Å²) in [5.41, 5.74) is -3.02. The lowest BCUT2D eigenvalue weighted by atomic mass is 9.59. The highest BCUT2D eigenvalue weighted by Crippen LogP contribution is 2.53. The number of rotatable bonds is 3. The third-order valence-corrected chi connectivity index (χ3v) is 7.67. The van der Waals surface area contributed by atoms with Crippen molar-refractivity contribution in [2.45, 2.75) is 51.2 Å². The Balaban J connectivity index is 1.54. The van der Waals surface area contributed by atoms with E-state index in [1.54, 1.807) is 51.1 Å². The Morgan fingerprint density at radius 1 is 0.976 bits per heavy atom. The van der Waals surface area contributed by atoms with Gasteiger partial charge in [0.1, 0.15) is 28.4 Å². The predicted octanol–water partition coefficient (Wildman–Crippen LogP) is 4.00. The number of carbonyl (C=O) groups is 4. The van der Waals surface area contributed by atoms with Gasteiger partial charge in [0.15, 0.2) is 17.1 Å². The molecule has 1 saturated carbocycles. The maximum atomic E-state index is 13.6. The molecule has 0 aromatic heterocycles. The summed E-state index contributed by atoms with van der Waals surface area (Å²) in [6, 6.07) is 9.41. The number of aromatic hydroxyl groups is 1. The van der Waals surface area contributed by atoms with Crippen LogP contribution in [0, 0.1) is 11.8 Å². The second-order valence-corrected chi connectivity index (χ2v) is 11.4. The SMILES string of the molecule is CC(C)(C)OC(=O)Oc1ccc(-c2ccc(O)c3c2C[C@H]2C[C@H]4CC(=O)C(C(=O)O)=C(O)[C@@]4(O)C(=O)C2=C3O)cc1. The van der Waals surface area contributed by atoms with Gasteiger partial charge in [-0.15, -0.1) is 0 Å². The van der Waals surface area contributed by atoms with Crippen molar-refractivity contribution in [2.24, 2.45) is 11.8 Å². The molecular formula is C30H28O11. The molecule has 0 amide bonds. The number of ether oxygens (including phenoxy) is 2. The molecule has 3 atom stereocenters. The van der Waals surface area contributed by atoms with Gasteiger partial charge in [0, 0.05) is 17.9 Å². The van der Waals surface area contributed by atoms with Crippen molar-refractivity contribution in [2.75, 3.05) is 0 Å². The van der Waals surface area contributed by atoms with E-state index in [1.807, 2.05) is 0 Å². The molecule has 3 aliphatic rings. The van der Waals surface area contributed by atoms with E-state index < -0.39 is 70.2 Å². The van der Waals surface area contributed by atoms with Crippen LogP contribution in [0.5, 0.6) is 11.5 Å². The van der Waals surface area contributed by atoms with E-state index in [1.165, 1.54) is 6.07 Å². The van der Waals surface area contributed by atoms with E-state index in [0.717, 1.165) is 0 Å². The number of hydrogen-bond acceptors (Lipinski definition) is 10. The Morgan fingerprint density at radius 2 is 1.63 bits per heavy atom. The summed E-state index contributed by atoms with van der Waals surface area (Å²) in [5, 5.41) is 53.2. The summed E-state index contributed by atoms with van der Waals surface area (Å²) in [7, 11) is 0. The Labute approximate surface area is 234 Å². The van der Waals surface area contributed by atoms with Crippen LogP contribution in [0.25, 0.3) is 16.9 Å². The van der Waals surface area contributed by atoms with E-state index in [9.17, 15) is 44.7 Å². The zero-order chi connectivity index (χ0) is 30.0. The average Bonchev–Trinajstić information content (AvgIpc) is 2.85. The smallest absolute Gasteiger partial charge is 0.508 e. The molecule has 11 nitrogen and oxygen atoms in total. The Bertz CT molecular complexity index is 1570. The number of aliphatic hydroxyl groups excluding tert-OH is 2. The van der Waals surface area contributed by atoms with Crippen molar-refractivity contribution in [1.82, 2.24) is 0 Å². The number of carboxylic acids is 1. The minimum atomic E-state index is -2.70. The van der Waals surface area contributed by atoms with Gasteiger partial charge in [0.25, 0.3) is 0 Å². The Hall–Kier alpha value is -4.64. The van der Waals surface area contributed by atoms with Gasteiger partial charge in [0.05, 0.1) is 5.56 Å². The fourth-order valence-electron chi connectivity index (χ4n) is 5.93. The van der Waals surface area contributed by atoms with E-state index in [-0.39, 0.29) is 35.5 Å². The van der Waals surface area contributed by atoms with Gasteiger partial charge in [-0.2, -0.15) is 0 Å². The van der Waals surface area contributed by atoms with Crippen LogP contribution in [0.15, 0.2) is 53.3 Å². The molecule has 0 radical (unpaired) electrons. The topological polar surface area (TPSA) is 188 Å². The monoisotopic (exact) mass is 564 g/mol. The number of Topliss-reactive ketones (excluding diaryl/α,β-unsaturated/α-hetero) is 2. The lowest BCUT2D eigenvalue weighted by Crippen LogP contribution is -2.58. The van der Waals surface area contributed by atoms with Crippen molar-refractivity contribution >= 4 is 29.5 Å². The molecule has 5 N–H and O–H groups in total. The van der Waals surface area contributed by atoms with Crippen LogP contribution in [-0.4, -0.2) is 60.4 Å². The second kappa shape index (κ2) is 9.48. The lowest BCUT2D eigenvalue weighted by Gasteiger charge is -2.46. The molecular weight excluding hydrogens is 536 g/mol.